The largest absolute Gasteiger partial charge is 0.457 e. The number of anilines is 1. The van der Waals surface area contributed by atoms with Crippen LogP contribution in [0.1, 0.15) is 11.1 Å². The fourth-order valence-electron chi connectivity index (χ4n) is 1.70. The van der Waals surface area contributed by atoms with Gasteiger partial charge in [-0.3, -0.25) is 0 Å². The van der Waals surface area contributed by atoms with Gasteiger partial charge in [-0.2, -0.15) is 13.2 Å². The molecule has 0 saturated carbocycles. The second kappa shape index (κ2) is 5.36. The van der Waals surface area contributed by atoms with Gasteiger partial charge in [0.1, 0.15) is 11.5 Å². The lowest BCUT2D eigenvalue weighted by atomic mass is 10.1. The van der Waals surface area contributed by atoms with E-state index < -0.39 is 11.7 Å². The average molecular weight is 346 g/mol. The van der Waals surface area contributed by atoms with Crippen molar-refractivity contribution in [1.29, 1.82) is 0 Å². The van der Waals surface area contributed by atoms with Crippen LogP contribution in [0.4, 0.5) is 18.9 Å². The van der Waals surface area contributed by atoms with E-state index in [1.165, 1.54) is 6.07 Å². The van der Waals surface area contributed by atoms with E-state index in [4.69, 9.17) is 10.5 Å². The first kappa shape index (κ1) is 14.7. The van der Waals surface area contributed by atoms with Crippen LogP contribution >= 0.6 is 15.9 Å². The summed E-state index contributed by atoms with van der Waals surface area (Å²) in [5.74, 6) is 0.537. The number of hydrogen-bond acceptors (Lipinski definition) is 2. The quantitative estimate of drug-likeness (QED) is 0.763. The molecule has 0 unspecified atom stereocenters. The highest BCUT2D eigenvalue weighted by Gasteiger charge is 2.31. The van der Waals surface area contributed by atoms with Gasteiger partial charge in [0.2, 0.25) is 0 Å². The number of benzene rings is 2. The van der Waals surface area contributed by atoms with Crippen LogP contribution in [-0.4, -0.2) is 0 Å². The number of alkyl halides is 3. The van der Waals surface area contributed by atoms with Crippen molar-refractivity contribution in [2.75, 3.05) is 5.73 Å². The predicted octanol–water partition coefficient (Wildman–Crippen LogP) is 5.15. The standard InChI is InChI=1S/C14H11BrF3NO/c1-8-4-10(15)2-3-13(8)20-12-6-9(14(16,17)18)5-11(19)7-12/h2-7H,19H2,1H3. The van der Waals surface area contributed by atoms with E-state index in [0.717, 1.165) is 22.2 Å². The van der Waals surface area contributed by atoms with Gasteiger partial charge in [-0.1, -0.05) is 15.9 Å². The highest BCUT2D eigenvalue weighted by molar-refractivity contribution is 9.10. The number of halogens is 4. The van der Waals surface area contributed by atoms with Crippen LogP contribution in [0.15, 0.2) is 40.9 Å². The molecule has 106 valence electrons. The Balaban J connectivity index is 2.36. The summed E-state index contributed by atoms with van der Waals surface area (Å²) in [6, 6.07) is 8.40. The molecular weight excluding hydrogens is 335 g/mol. The molecule has 2 aromatic carbocycles. The molecule has 0 aliphatic heterocycles. The Morgan fingerprint density at radius 2 is 1.80 bits per heavy atom. The zero-order valence-corrected chi connectivity index (χ0v) is 12.0. The number of nitrogen functional groups attached to an aromatic ring is 1. The number of nitrogens with two attached hydrogens (primary N) is 1. The number of aryl methyl sites for hydroxylation is 1. The SMILES string of the molecule is Cc1cc(Br)ccc1Oc1cc(N)cc(C(F)(F)F)c1. The minimum absolute atomic E-state index is 0.00425. The molecule has 2 nitrogen and oxygen atoms in total. The van der Waals surface area contributed by atoms with Crippen LogP contribution in [0, 0.1) is 6.92 Å². The lowest BCUT2D eigenvalue weighted by molar-refractivity contribution is -0.137. The summed E-state index contributed by atoms with van der Waals surface area (Å²) in [5.41, 5.74) is 5.46. The fourth-order valence-corrected chi connectivity index (χ4v) is 2.17. The molecule has 2 rings (SSSR count). The van der Waals surface area contributed by atoms with Gasteiger partial charge in [0.05, 0.1) is 5.56 Å². The fraction of sp³-hybridized carbons (Fsp3) is 0.143. The van der Waals surface area contributed by atoms with E-state index in [1.54, 1.807) is 19.1 Å². The van der Waals surface area contributed by atoms with Crippen molar-refractivity contribution in [2.24, 2.45) is 0 Å². The number of ether oxygens (including phenoxy) is 1. The van der Waals surface area contributed by atoms with Crippen LogP contribution in [0.2, 0.25) is 0 Å². The van der Waals surface area contributed by atoms with Gasteiger partial charge in [-0.05, 0) is 42.8 Å². The van der Waals surface area contributed by atoms with Crippen molar-refractivity contribution in [3.8, 4) is 11.5 Å². The van der Waals surface area contributed by atoms with E-state index in [2.05, 4.69) is 15.9 Å². The Morgan fingerprint density at radius 1 is 1.10 bits per heavy atom. The van der Waals surface area contributed by atoms with E-state index in [9.17, 15) is 13.2 Å². The third-order valence-corrected chi connectivity index (χ3v) is 3.11. The van der Waals surface area contributed by atoms with Crippen LogP contribution in [-0.2, 0) is 6.18 Å². The van der Waals surface area contributed by atoms with E-state index in [1.807, 2.05) is 6.07 Å². The van der Waals surface area contributed by atoms with Crippen molar-refractivity contribution >= 4 is 21.6 Å². The van der Waals surface area contributed by atoms with Crippen molar-refractivity contribution in [1.82, 2.24) is 0 Å². The summed E-state index contributed by atoms with van der Waals surface area (Å²) in [7, 11) is 0. The van der Waals surface area contributed by atoms with Crippen molar-refractivity contribution < 1.29 is 17.9 Å². The lowest BCUT2D eigenvalue weighted by Gasteiger charge is -2.13. The monoisotopic (exact) mass is 345 g/mol. The smallest absolute Gasteiger partial charge is 0.416 e. The van der Waals surface area contributed by atoms with E-state index in [-0.39, 0.29) is 11.4 Å². The van der Waals surface area contributed by atoms with Gasteiger partial charge in [-0.15, -0.1) is 0 Å². The zero-order valence-electron chi connectivity index (χ0n) is 10.5. The first-order valence-corrected chi connectivity index (χ1v) is 6.47. The zero-order chi connectivity index (χ0) is 14.9. The highest BCUT2D eigenvalue weighted by Crippen LogP contribution is 2.35. The molecule has 2 aromatic rings. The third-order valence-electron chi connectivity index (χ3n) is 2.62. The Bertz CT molecular complexity index is 641. The van der Waals surface area contributed by atoms with Gasteiger partial charge >= 0.3 is 6.18 Å². The van der Waals surface area contributed by atoms with Crippen LogP contribution in [0.25, 0.3) is 0 Å². The van der Waals surface area contributed by atoms with Gasteiger partial charge in [-0.25, -0.2) is 0 Å². The average Bonchev–Trinajstić information content (AvgIpc) is 2.31. The molecule has 0 aromatic heterocycles. The van der Waals surface area contributed by atoms with Crippen molar-refractivity contribution in [2.45, 2.75) is 13.1 Å². The maximum absolute atomic E-state index is 12.7. The van der Waals surface area contributed by atoms with Crippen molar-refractivity contribution in [3.63, 3.8) is 0 Å². The van der Waals surface area contributed by atoms with Gasteiger partial charge < -0.3 is 10.5 Å². The molecule has 0 aliphatic carbocycles. The Hall–Kier alpha value is -1.69. The minimum Gasteiger partial charge on any atom is -0.457 e. The first-order chi connectivity index (χ1) is 9.25. The summed E-state index contributed by atoms with van der Waals surface area (Å²) < 4.78 is 44.5. The Kier molecular flexibility index (Phi) is 3.94. The molecular formula is C14H11BrF3NO. The maximum atomic E-state index is 12.7. The Morgan fingerprint density at radius 3 is 2.40 bits per heavy atom. The van der Waals surface area contributed by atoms with E-state index >= 15 is 0 Å². The Labute approximate surface area is 122 Å². The second-order valence-electron chi connectivity index (χ2n) is 4.30. The van der Waals surface area contributed by atoms with Gasteiger partial charge in [0.15, 0.2) is 0 Å². The molecule has 6 heteroatoms. The predicted molar refractivity (Wildman–Crippen MR) is 74.8 cm³/mol. The molecule has 2 N–H and O–H groups in total. The molecule has 0 amide bonds. The summed E-state index contributed by atoms with van der Waals surface area (Å²) in [6.45, 7) is 1.80. The van der Waals surface area contributed by atoms with Crippen molar-refractivity contribution in [3.05, 3.63) is 52.0 Å². The van der Waals surface area contributed by atoms with Crippen LogP contribution in [0.3, 0.4) is 0 Å². The molecule has 0 saturated heterocycles. The molecule has 0 aliphatic rings. The molecule has 20 heavy (non-hydrogen) atoms. The molecule has 0 fully saturated rings. The summed E-state index contributed by atoms with van der Waals surface area (Å²) in [5, 5.41) is 0. The topological polar surface area (TPSA) is 35.2 Å². The van der Waals surface area contributed by atoms with E-state index in [0.29, 0.717) is 5.75 Å². The minimum atomic E-state index is -4.46. The van der Waals surface area contributed by atoms with Crippen LogP contribution < -0.4 is 10.5 Å². The summed E-state index contributed by atoms with van der Waals surface area (Å²) >= 11 is 3.31. The lowest BCUT2D eigenvalue weighted by Crippen LogP contribution is -2.06. The first-order valence-electron chi connectivity index (χ1n) is 5.67. The molecule has 0 radical (unpaired) electrons. The summed E-state index contributed by atoms with van der Waals surface area (Å²) in [4.78, 5) is 0. The number of rotatable bonds is 2. The van der Waals surface area contributed by atoms with Gasteiger partial charge in [0, 0.05) is 16.2 Å². The third kappa shape index (κ3) is 3.45. The summed E-state index contributed by atoms with van der Waals surface area (Å²) in [6.07, 6.45) is -4.46. The normalized spacial score (nSPS) is 11.4. The number of hydrogen-bond donors (Lipinski definition) is 1. The van der Waals surface area contributed by atoms with Gasteiger partial charge in [0.25, 0.3) is 0 Å². The molecule has 0 atom stereocenters. The maximum Gasteiger partial charge on any atom is 0.416 e. The van der Waals surface area contributed by atoms with Crippen LogP contribution in [0.5, 0.6) is 11.5 Å². The second-order valence-corrected chi connectivity index (χ2v) is 5.22. The molecule has 0 heterocycles. The molecule has 0 spiro atoms. The highest BCUT2D eigenvalue weighted by atomic mass is 79.9. The molecule has 0 bridgehead atoms.